The monoisotopic (exact) mass is 260 g/mol. The van der Waals surface area contributed by atoms with Crippen LogP contribution in [0.5, 0.6) is 5.75 Å². The molecule has 1 aromatic rings. The van der Waals surface area contributed by atoms with E-state index in [1.165, 1.54) is 0 Å². The van der Waals surface area contributed by atoms with Gasteiger partial charge in [0, 0.05) is 0 Å². The Labute approximate surface area is 116 Å². The van der Waals surface area contributed by atoms with Crippen LogP contribution in [0.3, 0.4) is 0 Å². The first-order valence-electron chi connectivity index (χ1n) is 6.66. The van der Waals surface area contributed by atoms with Crippen molar-refractivity contribution in [3.05, 3.63) is 29.8 Å². The standard InChI is InChI=1S/C16H24N2O/c1-13(2)16(12-17,10-11-18(3)4)14-6-8-15(19-5)9-7-14/h6-9,13H,10-11H2,1-5H3. The van der Waals surface area contributed by atoms with Gasteiger partial charge in [0.1, 0.15) is 5.75 Å². The van der Waals surface area contributed by atoms with Gasteiger partial charge in [0.15, 0.2) is 0 Å². The number of hydrogen-bond donors (Lipinski definition) is 0. The van der Waals surface area contributed by atoms with E-state index in [1.807, 2.05) is 38.4 Å². The lowest BCUT2D eigenvalue weighted by molar-refractivity contribution is 0.303. The van der Waals surface area contributed by atoms with Gasteiger partial charge >= 0.3 is 0 Å². The number of nitrogens with zero attached hydrogens (tertiary/aromatic N) is 2. The lowest BCUT2D eigenvalue weighted by atomic mass is 9.70. The first kappa shape index (κ1) is 15.5. The number of methoxy groups -OCH3 is 1. The zero-order valence-electron chi connectivity index (χ0n) is 12.6. The second kappa shape index (κ2) is 6.58. The summed E-state index contributed by atoms with van der Waals surface area (Å²) in [7, 11) is 5.73. The Bertz CT molecular complexity index is 431. The quantitative estimate of drug-likeness (QED) is 0.788. The first-order chi connectivity index (χ1) is 8.96. The molecule has 0 aliphatic rings. The molecule has 1 rings (SSSR count). The van der Waals surface area contributed by atoms with Gasteiger partial charge in [0.2, 0.25) is 0 Å². The summed E-state index contributed by atoms with van der Waals surface area (Å²) in [6, 6.07) is 10.4. The summed E-state index contributed by atoms with van der Waals surface area (Å²) in [6.07, 6.45) is 0.834. The minimum Gasteiger partial charge on any atom is -0.497 e. The van der Waals surface area contributed by atoms with Crippen LogP contribution in [-0.4, -0.2) is 32.6 Å². The molecule has 0 aliphatic carbocycles. The Kier molecular flexibility index (Phi) is 5.38. The summed E-state index contributed by atoms with van der Waals surface area (Å²) in [5.74, 6) is 1.10. The van der Waals surface area contributed by atoms with Crippen LogP contribution in [0.4, 0.5) is 0 Å². The maximum Gasteiger partial charge on any atom is 0.118 e. The maximum absolute atomic E-state index is 9.74. The predicted molar refractivity (Wildman–Crippen MR) is 78.3 cm³/mol. The Morgan fingerprint density at radius 2 is 1.84 bits per heavy atom. The van der Waals surface area contributed by atoms with Crippen molar-refractivity contribution in [3.8, 4) is 11.8 Å². The number of hydrogen-bond acceptors (Lipinski definition) is 3. The molecule has 1 unspecified atom stereocenters. The van der Waals surface area contributed by atoms with Crippen LogP contribution in [0.15, 0.2) is 24.3 Å². The summed E-state index contributed by atoms with van der Waals surface area (Å²) >= 11 is 0. The summed E-state index contributed by atoms with van der Waals surface area (Å²) in [5, 5.41) is 9.74. The zero-order valence-corrected chi connectivity index (χ0v) is 12.6. The third kappa shape index (κ3) is 3.48. The van der Waals surface area contributed by atoms with Gasteiger partial charge in [-0.15, -0.1) is 0 Å². The molecule has 0 spiro atoms. The maximum atomic E-state index is 9.74. The Balaban J connectivity index is 3.11. The lowest BCUT2D eigenvalue weighted by Gasteiger charge is -2.32. The van der Waals surface area contributed by atoms with Crippen molar-refractivity contribution >= 4 is 0 Å². The topological polar surface area (TPSA) is 36.3 Å². The van der Waals surface area contributed by atoms with Crippen LogP contribution in [0, 0.1) is 17.2 Å². The van der Waals surface area contributed by atoms with Crippen LogP contribution in [0.25, 0.3) is 0 Å². The van der Waals surface area contributed by atoms with Crippen molar-refractivity contribution in [2.45, 2.75) is 25.7 Å². The van der Waals surface area contributed by atoms with Crippen LogP contribution in [0.1, 0.15) is 25.8 Å². The Hall–Kier alpha value is -1.53. The van der Waals surface area contributed by atoms with Gasteiger partial charge in [-0.3, -0.25) is 0 Å². The van der Waals surface area contributed by atoms with E-state index in [9.17, 15) is 5.26 Å². The second-order valence-corrected chi connectivity index (χ2v) is 5.52. The van der Waals surface area contributed by atoms with Gasteiger partial charge in [-0.05, 0) is 50.7 Å². The molecule has 0 N–H and O–H groups in total. The third-order valence-electron chi connectivity index (χ3n) is 3.74. The minimum atomic E-state index is -0.434. The van der Waals surface area contributed by atoms with Crippen LogP contribution >= 0.6 is 0 Å². The van der Waals surface area contributed by atoms with E-state index in [0.29, 0.717) is 0 Å². The van der Waals surface area contributed by atoms with E-state index in [0.717, 1.165) is 24.3 Å². The van der Waals surface area contributed by atoms with Crippen LogP contribution in [0.2, 0.25) is 0 Å². The molecule has 0 aliphatic heterocycles. The van der Waals surface area contributed by atoms with Crippen molar-refractivity contribution in [1.29, 1.82) is 5.26 Å². The fourth-order valence-electron chi connectivity index (χ4n) is 2.30. The van der Waals surface area contributed by atoms with Crippen molar-refractivity contribution in [2.24, 2.45) is 5.92 Å². The molecule has 0 bridgehead atoms. The number of ether oxygens (including phenoxy) is 1. The molecule has 0 amide bonds. The summed E-state index contributed by atoms with van der Waals surface area (Å²) in [6.45, 7) is 5.13. The van der Waals surface area contributed by atoms with E-state index in [1.54, 1.807) is 7.11 Å². The SMILES string of the molecule is COc1ccc(C(C#N)(CCN(C)C)C(C)C)cc1. The molecule has 0 radical (unpaired) electrons. The fraction of sp³-hybridized carbons (Fsp3) is 0.562. The molecule has 1 aromatic carbocycles. The second-order valence-electron chi connectivity index (χ2n) is 5.52. The Morgan fingerprint density at radius 3 is 2.21 bits per heavy atom. The molecular weight excluding hydrogens is 236 g/mol. The van der Waals surface area contributed by atoms with E-state index < -0.39 is 5.41 Å². The molecule has 104 valence electrons. The summed E-state index contributed by atoms with van der Waals surface area (Å²) in [5.41, 5.74) is 0.643. The molecule has 0 fully saturated rings. The largest absolute Gasteiger partial charge is 0.497 e. The molecule has 0 saturated heterocycles. The highest BCUT2D eigenvalue weighted by Gasteiger charge is 2.35. The summed E-state index contributed by atoms with van der Waals surface area (Å²) in [4.78, 5) is 2.12. The van der Waals surface area contributed by atoms with Gasteiger partial charge in [0.25, 0.3) is 0 Å². The van der Waals surface area contributed by atoms with Crippen molar-refractivity contribution in [2.75, 3.05) is 27.7 Å². The van der Waals surface area contributed by atoms with E-state index in [2.05, 4.69) is 24.8 Å². The van der Waals surface area contributed by atoms with Crippen molar-refractivity contribution in [1.82, 2.24) is 4.90 Å². The van der Waals surface area contributed by atoms with E-state index >= 15 is 0 Å². The molecule has 0 aromatic heterocycles. The van der Waals surface area contributed by atoms with Gasteiger partial charge in [0.05, 0.1) is 18.6 Å². The average Bonchev–Trinajstić information content (AvgIpc) is 2.40. The number of benzene rings is 1. The normalized spacial score (nSPS) is 14.2. The van der Waals surface area contributed by atoms with Crippen LogP contribution < -0.4 is 4.74 Å². The van der Waals surface area contributed by atoms with E-state index in [-0.39, 0.29) is 5.92 Å². The van der Waals surface area contributed by atoms with Crippen LogP contribution in [-0.2, 0) is 5.41 Å². The highest BCUT2D eigenvalue weighted by molar-refractivity contribution is 5.37. The minimum absolute atomic E-state index is 0.269. The van der Waals surface area contributed by atoms with Gasteiger partial charge in [-0.2, -0.15) is 5.26 Å². The Morgan fingerprint density at radius 1 is 1.26 bits per heavy atom. The fourth-order valence-corrected chi connectivity index (χ4v) is 2.30. The molecule has 0 saturated carbocycles. The van der Waals surface area contributed by atoms with Gasteiger partial charge in [-0.1, -0.05) is 26.0 Å². The molecular formula is C16H24N2O. The molecule has 3 heteroatoms. The lowest BCUT2D eigenvalue weighted by Crippen LogP contribution is -2.34. The third-order valence-corrected chi connectivity index (χ3v) is 3.74. The van der Waals surface area contributed by atoms with Crippen molar-refractivity contribution in [3.63, 3.8) is 0 Å². The van der Waals surface area contributed by atoms with Gasteiger partial charge < -0.3 is 9.64 Å². The zero-order chi connectivity index (χ0) is 14.5. The highest BCUT2D eigenvalue weighted by atomic mass is 16.5. The molecule has 19 heavy (non-hydrogen) atoms. The highest BCUT2D eigenvalue weighted by Crippen LogP contribution is 2.36. The number of nitriles is 1. The smallest absolute Gasteiger partial charge is 0.118 e. The number of rotatable bonds is 6. The molecule has 3 nitrogen and oxygen atoms in total. The van der Waals surface area contributed by atoms with E-state index in [4.69, 9.17) is 4.74 Å². The first-order valence-corrected chi connectivity index (χ1v) is 6.66. The van der Waals surface area contributed by atoms with Crippen molar-refractivity contribution < 1.29 is 4.74 Å². The van der Waals surface area contributed by atoms with Gasteiger partial charge in [-0.25, -0.2) is 0 Å². The predicted octanol–water partition coefficient (Wildman–Crippen LogP) is 3.06. The molecule has 0 heterocycles. The average molecular weight is 260 g/mol. The summed E-state index contributed by atoms with van der Waals surface area (Å²) < 4.78 is 5.18. The molecule has 1 atom stereocenters.